The minimum atomic E-state index is -0.547. The Bertz CT molecular complexity index is 195. The molecule has 0 spiro atoms. The molecule has 76 valence electrons. The number of aliphatic hydroxyl groups is 2. The number of hydrogen-bond acceptors (Lipinski definition) is 3. The Morgan fingerprint density at radius 3 is 2.54 bits per heavy atom. The maximum atomic E-state index is 9.80. The molecule has 0 amide bonds. The Morgan fingerprint density at radius 2 is 1.92 bits per heavy atom. The third kappa shape index (κ3) is 1.39. The molecule has 1 saturated carbocycles. The number of piperidine rings is 1. The third-order valence-corrected chi connectivity index (χ3v) is 3.75. The first-order valence-electron chi connectivity index (χ1n) is 5.20. The van der Waals surface area contributed by atoms with Gasteiger partial charge in [-0.25, -0.2) is 0 Å². The Hall–Kier alpha value is -0.120. The van der Waals surface area contributed by atoms with Crippen molar-refractivity contribution < 1.29 is 10.2 Å². The van der Waals surface area contributed by atoms with Crippen LogP contribution in [0.1, 0.15) is 20.3 Å². The van der Waals surface area contributed by atoms with E-state index < -0.39 is 12.2 Å². The van der Waals surface area contributed by atoms with Crippen molar-refractivity contribution in [2.75, 3.05) is 6.54 Å². The van der Waals surface area contributed by atoms with Crippen LogP contribution in [-0.4, -0.2) is 35.0 Å². The van der Waals surface area contributed by atoms with E-state index in [-0.39, 0.29) is 6.04 Å². The first-order chi connectivity index (χ1) is 6.11. The Kier molecular flexibility index (Phi) is 2.34. The molecule has 3 unspecified atom stereocenters. The second-order valence-corrected chi connectivity index (χ2v) is 4.80. The first kappa shape index (κ1) is 9.44. The van der Waals surface area contributed by atoms with Crippen molar-refractivity contribution in [3.63, 3.8) is 0 Å². The van der Waals surface area contributed by atoms with Gasteiger partial charge in [-0.1, -0.05) is 13.8 Å². The molecule has 1 saturated heterocycles. The number of hydrogen-bond donors (Lipinski definition) is 3. The molecule has 5 atom stereocenters. The Labute approximate surface area is 79.2 Å². The topological polar surface area (TPSA) is 52.5 Å². The van der Waals surface area contributed by atoms with Crippen LogP contribution in [0.4, 0.5) is 0 Å². The molecule has 0 aromatic heterocycles. The van der Waals surface area contributed by atoms with Crippen molar-refractivity contribution in [1.29, 1.82) is 0 Å². The average Bonchev–Trinajstić information content (AvgIpc) is 2.32. The summed E-state index contributed by atoms with van der Waals surface area (Å²) in [5, 5.41) is 22.8. The zero-order valence-electron chi connectivity index (χ0n) is 8.27. The molecule has 1 aliphatic heterocycles. The van der Waals surface area contributed by atoms with Gasteiger partial charge in [0.1, 0.15) is 0 Å². The van der Waals surface area contributed by atoms with Gasteiger partial charge in [-0.05, 0) is 30.7 Å². The fourth-order valence-corrected chi connectivity index (χ4v) is 2.86. The smallest absolute Gasteiger partial charge is 0.0954 e. The lowest BCUT2D eigenvalue weighted by Crippen LogP contribution is -2.43. The molecule has 13 heavy (non-hydrogen) atoms. The summed E-state index contributed by atoms with van der Waals surface area (Å²) in [6, 6.07) is 0.134. The molecule has 2 rings (SSSR count). The molecular weight excluding hydrogens is 166 g/mol. The largest absolute Gasteiger partial charge is 0.390 e. The van der Waals surface area contributed by atoms with Crippen LogP contribution in [0, 0.1) is 17.8 Å². The normalized spacial score (nSPS) is 50.1. The van der Waals surface area contributed by atoms with Gasteiger partial charge in [0.25, 0.3) is 0 Å². The highest BCUT2D eigenvalue weighted by Crippen LogP contribution is 2.39. The second-order valence-electron chi connectivity index (χ2n) is 4.80. The van der Waals surface area contributed by atoms with Crippen molar-refractivity contribution in [2.24, 2.45) is 17.8 Å². The van der Waals surface area contributed by atoms with Crippen LogP contribution in [0.25, 0.3) is 0 Å². The summed E-state index contributed by atoms with van der Waals surface area (Å²) in [5.74, 6) is 1.41. The fourth-order valence-electron chi connectivity index (χ4n) is 2.86. The standard InChI is InChI=1S/C10H19NO2/c1-5(2)7-4-11-8-3-6(7)9(12)10(8)13/h5-13H,3-4H2,1-2H3/t6-,7?,8-,9?,10?/m0/s1. The maximum absolute atomic E-state index is 9.80. The summed E-state index contributed by atoms with van der Waals surface area (Å²) in [6.07, 6.45) is -0.119. The Balaban J connectivity index is 2.13. The minimum Gasteiger partial charge on any atom is -0.390 e. The molecule has 3 N–H and O–H groups in total. The van der Waals surface area contributed by atoms with E-state index in [0.717, 1.165) is 13.0 Å². The van der Waals surface area contributed by atoms with Crippen molar-refractivity contribution in [3.05, 3.63) is 0 Å². The molecule has 0 radical (unpaired) electrons. The van der Waals surface area contributed by atoms with E-state index in [4.69, 9.17) is 0 Å². The fraction of sp³-hybridized carbons (Fsp3) is 1.00. The second kappa shape index (κ2) is 3.23. The monoisotopic (exact) mass is 185 g/mol. The molecule has 3 heteroatoms. The summed E-state index contributed by atoms with van der Waals surface area (Å²) in [6.45, 7) is 5.31. The van der Waals surface area contributed by atoms with Crippen LogP contribution >= 0.6 is 0 Å². The van der Waals surface area contributed by atoms with Gasteiger partial charge in [-0.3, -0.25) is 0 Å². The van der Waals surface area contributed by atoms with Crippen molar-refractivity contribution >= 4 is 0 Å². The number of rotatable bonds is 1. The first-order valence-corrected chi connectivity index (χ1v) is 5.20. The van der Waals surface area contributed by atoms with E-state index >= 15 is 0 Å². The van der Waals surface area contributed by atoms with Crippen LogP contribution in [0.2, 0.25) is 0 Å². The summed E-state index contributed by atoms with van der Waals surface area (Å²) in [7, 11) is 0. The lowest BCUT2D eigenvalue weighted by Gasteiger charge is -2.32. The van der Waals surface area contributed by atoms with Crippen LogP contribution in [0.15, 0.2) is 0 Å². The highest BCUT2D eigenvalue weighted by Gasteiger charge is 2.48. The van der Waals surface area contributed by atoms with Gasteiger partial charge in [-0.2, -0.15) is 0 Å². The lowest BCUT2D eigenvalue weighted by molar-refractivity contribution is 0.00594. The zero-order chi connectivity index (χ0) is 9.59. The number of aliphatic hydroxyl groups excluding tert-OH is 2. The summed E-state index contributed by atoms with van der Waals surface area (Å²) < 4.78 is 0. The predicted molar refractivity (Wildman–Crippen MR) is 50.2 cm³/mol. The van der Waals surface area contributed by atoms with Gasteiger partial charge in [0.2, 0.25) is 0 Å². The van der Waals surface area contributed by atoms with Gasteiger partial charge in [-0.15, -0.1) is 0 Å². The van der Waals surface area contributed by atoms with Gasteiger partial charge < -0.3 is 15.5 Å². The van der Waals surface area contributed by atoms with Crippen LogP contribution in [-0.2, 0) is 0 Å². The minimum absolute atomic E-state index is 0.134. The molecule has 2 bridgehead atoms. The summed E-state index contributed by atoms with van der Waals surface area (Å²) >= 11 is 0. The molecule has 1 aliphatic carbocycles. The quantitative estimate of drug-likeness (QED) is 0.538. The maximum Gasteiger partial charge on any atom is 0.0954 e. The van der Waals surface area contributed by atoms with Gasteiger partial charge in [0, 0.05) is 6.04 Å². The SMILES string of the molecule is CC(C)C1CN[C@H]2C[C@@H]1C(O)C2O. The molecule has 2 fully saturated rings. The van der Waals surface area contributed by atoms with Crippen LogP contribution in [0.5, 0.6) is 0 Å². The molecule has 0 aromatic carbocycles. The van der Waals surface area contributed by atoms with Gasteiger partial charge in [0.05, 0.1) is 12.2 Å². The molecule has 1 heterocycles. The van der Waals surface area contributed by atoms with E-state index in [1.807, 2.05) is 0 Å². The van der Waals surface area contributed by atoms with Gasteiger partial charge in [0.15, 0.2) is 0 Å². The van der Waals surface area contributed by atoms with Crippen molar-refractivity contribution in [3.8, 4) is 0 Å². The van der Waals surface area contributed by atoms with E-state index in [2.05, 4.69) is 19.2 Å². The molecule has 0 aromatic rings. The Morgan fingerprint density at radius 1 is 1.23 bits per heavy atom. The van der Waals surface area contributed by atoms with Crippen LogP contribution < -0.4 is 5.32 Å². The van der Waals surface area contributed by atoms with E-state index in [9.17, 15) is 10.2 Å². The molecule has 2 aliphatic rings. The van der Waals surface area contributed by atoms with E-state index in [0.29, 0.717) is 17.8 Å². The third-order valence-electron chi connectivity index (χ3n) is 3.75. The summed E-state index contributed by atoms with van der Waals surface area (Å²) in [4.78, 5) is 0. The number of fused-ring (bicyclic) bond motifs is 2. The predicted octanol–water partition coefficient (Wildman–Crippen LogP) is -0.0279. The zero-order valence-corrected chi connectivity index (χ0v) is 8.27. The average molecular weight is 185 g/mol. The van der Waals surface area contributed by atoms with Crippen molar-refractivity contribution in [1.82, 2.24) is 5.32 Å². The summed E-state index contributed by atoms with van der Waals surface area (Å²) in [5.41, 5.74) is 0. The highest BCUT2D eigenvalue weighted by atomic mass is 16.3. The van der Waals surface area contributed by atoms with Gasteiger partial charge >= 0.3 is 0 Å². The molecule has 3 nitrogen and oxygen atoms in total. The number of nitrogens with one attached hydrogen (secondary N) is 1. The lowest BCUT2D eigenvalue weighted by atomic mass is 9.79. The molecular formula is C10H19NO2. The van der Waals surface area contributed by atoms with Crippen molar-refractivity contribution in [2.45, 2.75) is 38.5 Å². The van der Waals surface area contributed by atoms with Crippen LogP contribution in [0.3, 0.4) is 0 Å². The van der Waals surface area contributed by atoms with E-state index in [1.165, 1.54) is 0 Å². The highest BCUT2D eigenvalue weighted by molar-refractivity contribution is 5.02. The van der Waals surface area contributed by atoms with E-state index in [1.54, 1.807) is 0 Å².